The van der Waals surface area contributed by atoms with E-state index in [2.05, 4.69) is 0 Å². The summed E-state index contributed by atoms with van der Waals surface area (Å²) in [6.07, 6.45) is -1.05. The zero-order valence-corrected chi connectivity index (χ0v) is 13.2. The molecule has 2 aromatic rings. The maximum absolute atomic E-state index is 13.6. The van der Waals surface area contributed by atoms with Gasteiger partial charge in [0.05, 0.1) is 16.7 Å². The van der Waals surface area contributed by atoms with Crippen LogP contribution in [0.4, 0.5) is 4.39 Å². The zero-order valence-electron chi connectivity index (χ0n) is 11.7. The highest BCUT2D eigenvalue weighted by Gasteiger charge is 2.18. The van der Waals surface area contributed by atoms with Crippen molar-refractivity contribution in [2.75, 3.05) is 6.61 Å². The molecule has 0 bridgehead atoms. The van der Waals surface area contributed by atoms with Crippen molar-refractivity contribution >= 4 is 23.2 Å². The van der Waals surface area contributed by atoms with Gasteiger partial charge in [0, 0.05) is 11.6 Å². The first-order valence-electron chi connectivity index (χ1n) is 6.50. The summed E-state index contributed by atoms with van der Waals surface area (Å²) in [5, 5.41) is 11.0. The van der Waals surface area contributed by atoms with Crippen LogP contribution in [-0.4, -0.2) is 11.7 Å². The summed E-state index contributed by atoms with van der Waals surface area (Å²) >= 11 is 12.3. The van der Waals surface area contributed by atoms with Crippen molar-refractivity contribution in [2.45, 2.75) is 20.0 Å². The average molecular weight is 329 g/mol. The summed E-state index contributed by atoms with van der Waals surface area (Å²) in [4.78, 5) is 0. The Labute approximate surface area is 133 Å². The van der Waals surface area contributed by atoms with Crippen molar-refractivity contribution in [1.82, 2.24) is 0 Å². The zero-order chi connectivity index (χ0) is 15.6. The molecular weight excluding hydrogens is 314 g/mol. The maximum Gasteiger partial charge on any atom is 0.139 e. The Morgan fingerprint density at radius 2 is 1.90 bits per heavy atom. The molecule has 0 spiro atoms. The van der Waals surface area contributed by atoms with Crippen molar-refractivity contribution in [3.05, 3.63) is 62.9 Å². The Bertz CT molecular complexity index is 659. The van der Waals surface area contributed by atoms with Crippen LogP contribution in [0.2, 0.25) is 10.0 Å². The van der Waals surface area contributed by atoms with E-state index in [9.17, 15) is 9.50 Å². The van der Waals surface area contributed by atoms with Gasteiger partial charge in [-0.05, 0) is 37.1 Å². The minimum atomic E-state index is -1.05. The van der Waals surface area contributed by atoms with Gasteiger partial charge < -0.3 is 9.84 Å². The van der Waals surface area contributed by atoms with E-state index in [1.54, 1.807) is 25.1 Å². The highest BCUT2D eigenvalue weighted by atomic mass is 35.5. The molecule has 21 heavy (non-hydrogen) atoms. The average Bonchev–Trinajstić information content (AvgIpc) is 2.45. The first kappa shape index (κ1) is 16.1. The quantitative estimate of drug-likeness (QED) is 0.863. The van der Waals surface area contributed by atoms with Crippen LogP contribution in [0.3, 0.4) is 0 Å². The van der Waals surface area contributed by atoms with Crippen molar-refractivity contribution in [3.8, 4) is 5.75 Å². The van der Waals surface area contributed by atoms with Gasteiger partial charge in [-0.25, -0.2) is 4.39 Å². The summed E-state index contributed by atoms with van der Waals surface area (Å²) in [6.45, 7) is 3.95. The van der Waals surface area contributed by atoms with E-state index in [4.69, 9.17) is 27.9 Å². The van der Waals surface area contributed by atoms with Crippen LogP contribution >= 0.6 is 23.2 Å². The number of hydrogen-bond acceptors (Lipinski definition) is 2. The molecule has 0 amide bonds. The molecule has 0 saturated heterocycles. The summed E-state index contributed by atoms with van der Waals surface area (Å²) in [5.41, 5.74) is 1.34. The Morgan fingerprint density at radius 1 is 1.19 bits per heavy atom. The largest absolute Gasteiger partial charge is 0.492 e. The van der Waals surface area contributed by atoms with Gasteiger partial charge in [0.2, 0.25) is 0 Å². The summed E-state index contributed by atoms with van der Waals surface area (Å²) < 4.78 is 18.9. The van der Waals surface area contributed by atoms with Crippen molar-refractivity contribution in [3.63, 3.8) is 0 Å². The predicted octanol–water partition coefficient (Wildman–Crippen LogP) is 4.92. The summed E-state index contributed by atoms with van der Waals surface area (Å²) in [7, 11) is 0. The molecule has 1 N–H and O–H groups in total. The topological polar surface area (TPSA) is 29.5 Å². The molecule has 1 atom stereocenters. The molecule has 0 radical (unpaired) electrons. The number of aliphatic hydroxyl groups excluding tert-OH is 1. The molecule has 0 fully saturated rings. The van der Waals surface area contributed by atoms with E-state index < -0.39 is 6.10 Å². The molecule has 2 rings (SSSR count). The predicted molar refractivity (Wildman–Crippen MR) is 82.8 cm³/mol. The molecule has 1 unspecified atom stereocenters. The van der Waals surface area contributed by atoms with Crippen LogP contribution in [0, 0.1) is 12.7 Å². The molecule has 5 heteroatoms. The van der Waals surface area contributed by atoms with Crippen molar-refractivity contribution in [2.24, 2.45) is 0 Å². The molecular formula is C16H15Cl2FO2. The van der Waals surface area contributed by atoms with Crippen molar-refractivity contribution in [1.29, 1.82) is 0 Å². The lowest BCUT2D eigenvalue weighted by Crippen LogP contribution is -2.03. The van der Waals surface area contributed by atoms with Gasteiger partial charge in [-0.1, -0.05) is 35.3 Å². The molecule has 0 aliphatic carbocycles. The number of aliphatic hydroxyl groups is 1. The van der Waals surface area contributed by atoms with Gasteiger partial charge in [-0.15, -0.1) is 0 Å². The maximum atomic E-state index is 13.6. The van der Waals surface area contributed by atoms with Crippen molar-refractivity contribution < 1.29 is 14.2 Å². The van der Waals surface area contributed by atoms with E-state index in [1.165, 1.54) is 12.1 Å². The van der Waals surface area contributed by atoms with Gasteiger partial charge in [-0.3, -0.25) is 0 Å². The van der Waals surface area contributed by atoms with Gasteiger partial charge in [0.25, 0.3) is 0 Å². The summed E-state index contributed by atoms with van der Waals surface area (Å²) in [5.74, 6) is 0.0786. The number of benzene rings is 2. The van der Waals surface area contributed by atoms with E-state index in [1.807, 2.05) is 6.92 Å². The minimum absolute atomic E-state index is 0.316. The highest BCUT2D eigenvalue weighted by Crippen LogP contribution is 2.36. The molecule has 0 aromatic heterocycles. The second-order valence-corrected chi connectivity index (χ2v) is 5.46. The van der Waals surface area contributed by atoms with Crippen LogP contribution < -0.4 is 4.74 Å². The van der Waals surface area contributed by atoms with Gasteiger partial charge >= 0.3 is 0 Å². The van der Waals surface area contributed by atoms with Crippen LogP contribution in [0.25, 0.3) is 0 Å². The number of rotatable bonds is 4. The van der Waals surface area contributed by atoms with E-state index in [0.717, 1.165) is 0 Å². The standard InChI is InChI=1S/C16H15Cl2FO2/c1-3-21-15-8-12(17)11(7-13(15)18)16(20)10-5-4-9(2)14(19)6-10/h4-8,16,20H,3H2,1-2H3. The normalized spacial score (nSPS) is 12.3. The molecule has 0 aliphatic heterocycles. The third-order valence-corrected chi connectivity index (χ3v) is 3.78. The third-order valence-electron chi connectivity index (χ3n) is 3.16. The van der Waals surface area contributed by atoms with Crippen LogP contribution in [0.1, 0.15) is 29.7 Å². The SMILES string of the molecule is CCOc1cc(Cl)c(C(O)c2ccc(C)c(F)c2)cc1Cl. The van der Waals surface area contributed by atoms with Crippen LogP contribution in [0.5, 0.6) is 5.75 Å². The van der Waals surface area contributed by atoms with Gasteiger partial charge in [0.15, 0.2) is 0 Å². The van der Waals surface area contributed by atoms with E-state index in [0.29, 0.717) is 39.1 Å². The Balaban J connectivity index is 2.40. The Hall–Kier alpha value is -1.29. The first-order chi connectivity index (χ1) is 9.93. The number of halogens is 3. The second-order valence-electron chi connectivity index (χ2n) is 4.65. The fourth-order valence-corrected chi connectivity index (χ4v) is 2.46. The lowest BCUT2D eigenvalue weighted by Gasteiger charge is -2.16. The molecule has 0 saturated carbocycles. The second kappa shape index (κ2) is 6.65. The molecule has 112 valence electrons. The molecule has 2 nitrogen and oxygen atoms in total. The first-order valence-corrected chi connectivity index (χ1v) is 7.25. The summed E-state index contributed by atoms with van der Waals surface area (Å²) in [6, 6.07) is 7.65. The number of aryl methyl sites for hydroxylation is 1. The Kier molecular flexibility index (Phi) is 5.09. The van der Waals surface area contributed by atoms with Crippen LogP contribution in [0.15, 0.2) is 30.3 Å². The lowest BCUT2D eigenvalue weighted by atomic mass is 10.00. The molecule has 0 heterocycles. The van der Waals surface area contributed by atoms with Gasteiger partial charge in [-0.2, -0.15) is 0 Å². The smallest absolute Gasteiger partial charge is 0.139 e. The Morgan fingerprint density at radius 3 is 2.52 bits per heavy atom. The molecule has 2 aromatic carbocycles. The third kappa shape index (κ3) is 3.49. The van der Waals surface area contributed by atoms with E-state index >= 15 is 0 Å². The fourth-order valence-electron chi connectivity index (χ4n) is 1.98. The monoisotopic (exact) mass is 328 g/mol. The van der Waals surface area contributed by atoms with Gasteiger partial charge in [0.1, 0.15) is 17.7 Å². The minimum Gasteiger partial charge on any atom is -0.492 e. The lowest BCUT2D eigenvalue weighted by molar-refractivity contribution is 0.219. The highest BCUT2D eigenvalue weighted by molar-refractivity contribution is 6.34. The number of hydrogen-bond donors (Lipinski definition) is 1. The number of ether oxygens (including phenoxy) is 1. The van der Waals surface area contributed by atoms with E-state index in [-0.39, 0.29) is 5.82 Å². The fraction of sp³-hybridized carbons (Fsp3) is 0.250. The van der Waals surface area contributed by atoms with Crippen LogP contribution in [-0.2, 0) is 0 Å². The molecule has 0 aliphatic rings.